The number of rotatable bonds is 3. The van der Waals surface area contributed by atoms with Gasteiger partial charge < -0.3 is 0 Å². The Morgan fingerprint density at radius 1 is 1.67 bits per heavy atom. The summed E-state index contributed by atoms with van der Waals surface area (Å²) in [7, 11) is 0. The van der Waals surface area contributed by atoms with Gasteiger partial charge in [0.2, 0.25) is 0 Å². The molecule has 1 rings (SSSR count). The number of nitrogens with zero attached hydrogens (tertiary/aromatic N) is 2. The molecule has 1 aliphatic rings. The maximum absolute atomic E-state index is 4.17. The Morgan fingerprint density at radius 2 is 2.50 bits per heavy atom. The lowest BCUT2D eigenvalue weighted by Gasteiger charge is -2.05. The molecule has 0 aromatic carbocycles. The second-order valence-electron chi connectivity index (χ2n) is 2.46. The average Bonchev–Trinajstić information content (AvgIpc) is 2.15. The van der Waals surface area contributed by atoms with Crippen LogP contribution in [0.4, 0.5) is 0 Å². The zero-order valence-electron chi connectivity index (χ0n) is 7.03. The minimum absolute atomic E-state index is 0.735. The van der Waals surface area contributed by atoms with Crippen LogP contribution in [-0.4, -0.2) is 11.9 Å². The molecule has 1 heterocycles. The summed E-state index contributed by atoms with van der Waals surface area (Å²) in [6, 6.07) is 0. The second-order valence-corrected chi connectivity index (χ2v) is 2.46. The van der Waals surface area contributed by atoms with Crippen LogP contribution in [0, 0.1) is 0 Å². The molecule has 0 atom stereocenters. The van der Waals surface area contributed by atoms with Gasteiger partial charge in [-0.3, -0.25) is 9.98 Å². The van der Waals surface area contributed by atoms with Crippen molar-refractivity contribution in [3.63, 3.8) is 0 Å². The van der Waals surface area contributed by atoms with E-state index in [1.54, 1.807) is 18.5 Å². The van der Waals surface area contributed by atoms with Crippen molar-refractivity contribution in [1.82, 2.24) is 0 Å². The summed E-state index contributed by atoms with van der Waals surface area (Å²) < 4.78 is 0. The second kappa shape index (κ2) is 4.44. The van der Waals surface area contributed by atoms with Crippen LogP contribution in [0.1, 0.15) is 12.8 Å². The maximum Gasteiger partial charge on any atom is 0.0772 e. The van der Waals surface area contributed by atoms with Crippen LogP contribution < -0.4 is 0 Å². The van der Waals surface area contributed by atoms with Crippen molar-refractivity contribution in [2.24, 2.45) is 9.98 Å². The van der Waals surface area contributed by atoms with E-state index in [2.05, 4.69) is 23.1 Å². The molecule has 0 radical (unpaired) electrons. The van der Waals surface area contributed by atoms with Gasteiger partial charge >= 0.3 is 0 Å². The van der Waals surface area contributed by atoms with Crippen molar-refractivity contribution in [3.05, 3.63) is 37.2 Å². The van der Waals surface area contributed by atoms with Gasteiger partial charge in [-0.15, -0.1) is 0 Å². The molecule has 1 aliphatic heterocycles. The van der Waals surface area contributed by atoms with Gasteiger partial charge in [0.05, 0.1) is 11.4 Å². The molecule has 0 saturated carbocycles. The molecule has 12 heavy (non-hydrogen) atoms. The van der Waals surface area contributed by atoms with Crippen molar-refractivity contribution >= 4 is 11.9 Å². The van der Waals surface area contributed by atoms with Gasteiger partial charge in [0.15, 0.2) is 0 Å². The topological polar surface area (TPSA) is 24.7 Å². The van der Waals surface area contributed by atoms with Crippen LogP contribution in [0.5, 0.6) is 0 Å². The van der Waals surface area contributed by atoms with Gasteiger partial charge in [-0.1, -0.05) is 25.3 Å². The Labute approximate surface area is 72.7 Å². The molecule has 0 aliphatic carbocycles. The number of allylic oxidation sites excluding steroid dienone is 3. The minimum Gasteiger partial charge on any atom is -0.259 e. The molecule has 2 heteroatoms. The van der Waals surface area contributed by atoms with E-state index < -0.39 is 0 Å². The molecule has 0 amide bonds. The SMILES string of the molecule is C=CC=NC(=C)C1=NC=CCC1. The molecule has 0 N–H and O–H groups in total. The van der Waals surface area contributed by atoms with Crippen LogP contribution in [0.2, 0.25) is 0 Å². The molecule has 0 unspecified atom stereocenters. The zero-order chi connectivity index (χ0) is 8.81. The van der Waals surface area contributed by atoms with Crippen molar-refractivity contribution in [2.75, 3.05) is 0 Å². The van der Waals surface area contributed by atoms with Crippen molar-refractivity contribution in [2.45, 2.75) is 12.8 Å². The smallest absolute Gasteiger partial charge is 0.0772 e. The van der Waals surface area contributed by atoms with Crippen molar-refractivity contribution in [1.29, 1.82) is 0 Å². The lowest BCUT2D eigenvalue weighted by Crippen LogP contribution is -2.01. The van der Waals surface area contributed by atoms with E-state index in [0.29, 0.717) is 0 Å². The predicted molar refractivity (Wildman–Crippen MR) is 53.6 cm³/mol. The monoisotopic (exact) mass is 160 g/mol. The molecule has 0 fully saturated rings. The Balaban J connectivity index is 2.63. The first kappa shape index (κ1) is 8.65. The first-order valence-corrected chi connectivity index (χ1v) is 3.90. The van der Waals surface area contributed by atoms with Crippen LogP contribution in [0.25, 0.3) is 0 Å². The highest BCUT2D eigenvalue weighted by Crippen LogP contribution is 2.09. The van der Waals surface area contributed by atoms with Gasteiger partial charge in [-0.05, 0) is 12.8 Å². The zero-order valence-corrected chi connectivity index (χ0v) is 7.03. The maximum atomic E-state index is 4.17. The van der Waals surface area contributed by atoms with E-state index >= 15 is 0 Å². The van der Waals surface area contributed by atoms with E-state index in [-0.39, 0.29) is 0 Å². The fraction of sp³-hybridized carbons (Fsp3) is 0.200. The van der Waals surface area contributed by atoms with Gasteiger partial charge in [0.25, 0.3) is 0 Å². The lowest BCUT2D eigenvalue weighted by atomic mass is 10.1. The first-order valence-electron chi connectivity index (χ1n) is 3.90. The Bertz CT molecular complexity index is 270. The van der Waals surface area contributed by atoms with Crippen LogP contribution >= 0.6 is 0 Å². The molecule has 0 spiro atoms. The predicted octanol–water partition coefficient (Wildman–Crippen LogP) is 2.51. The average molecular weight is 160 g/mol. The lowest BCUT2D eigenvalue weighted by molar-refractivity contribution is 1.05. The third-order valence-corrected chi connectivity index (χ3v) is 1.55. The van der Waals surface area contributed by atoms with Gasteiger partial charge in [-0.2, -0.15) is 0 Å². The fourth-order valence-corrected chi connectivity index (χ4v) is 0.938. The Morgan fingerprint density at radius 3 is 3.08 bits per heavy atom. The summed E-state index contributed by atoms with van der Waals surface area (Å²) in [5, 5.41) is 0. The van der Waals surface area contributed by atoms with E-state index in [0.717, 1.165) is 24.3 Å². The van der Waals surface area contributed by atoms with Crippen LogP contribution in [-0.2, 0) is 0 Å². The summed E-state index contributed by atoms with van der Waals surface area (Å²) in [6.07, 6.45) is 9.06. The van der Waals surface area contributed by atoms with E-state index in [9.17, 15) is 0 Å². The summed E-state index contributed by atoms with van der Waals surface area (Å²) in [5.74, 6) is 0. The molecular weight excluding hydrogens is 148 g/mol. The number of aliphatic imine (C=N–C) groups is 2. The Hall–Kier alpha value is -1.44. The molecule has 62 valence electrons. The fourth-order valence-electron chi connectivity index (χ4n) is 0.938. The molecular formula is C10H12N2. The number of hydrogen-bond donors (Lipinski definition) is 0. The van der Waals surface area contributed by atoms with E-state index in [1.807, 2.05) is 6.08 Å². The Kier molecular flexibility index (Phi) is 3.20. The van der Waals surface area contributed by atoms with Gasteiger partial charge in [0, 0.05) is 12.4 Å². The van der Waals surface area contributed by atoms with Crippen molar-refractivity contribution < 1.29 is 0 Å². The summed E-state index contributed by atoms with van der Waals surface area (Å²) in [4.78, 5) is 8.23. The third kappa shape index (κ3) is 2.31. The van der Waals surface area contributed by atoms with Gasteiger partial charge in [0.1, 0.15) is 0 Å². The standard InChI is InChI=1S/C10H12N2/c1-3-7-11-9(2)10-6-4-5-8-12-10/h3,5,7-8H,1-2,4,6H2. The molecule has 0 bridgehead atoms. The molecule has 0 aromatic rings. The van der Waals surface area contributed by atoms with Crippen molar-refractivity contribution in [3.8, 4) is 0 Å². The molecule has 2 nitrogen and oxygen atoms in total. The molecule has 0 aromatic heterocycles. The highest BCUT2D eigenvalue weighted by atomic mass is 14.8. The minimum atomic E-state index is 0.735. The van der Waals surface area contributed by atoms with E-state index in [1.165, 1.54) is 0 Å². The summed E-state index contributed by atoms with van der Waals surface area (Å²) in [6.45, 7) is 7.34. The van der Waals surface area contributed by atoms with Crippen LogP contribution in [0.15, 0.2) is 47.2 Å². The molecule has 0 saturated heterocycles. The highest BCUT2D eigenvalue weighted by molar-refractivity contribution is 6.01. The van der Waals surface area contributed by atoms with Crippen LogP contribution in [0.3, 0.4) is 0 Å². The number of hydrogen-bond acceptors (Lipinski definition) is 2. The third-order valence-electron chi connectivity index (χ3n) is 1.55. The normalized spacial score (nSPS) is 16.2. The summed E-state index contributed by atoms with van der Waals surface area (Å²) >= 11 is 0. The summed E-state index contributed by atoms with van der Waals surface area (Å²) in [5.41, 5.74) is 1.70. The first-order chi connectivity index (χ1) is 5.84. The van der Waals surface area contributed by atoms with E-state index in [4.69, 9.17) is 0 Å². The highest BCUT2D eigenvalue weighted by Gasteiger charge is 2.03. The quantitative estimate of drug-likeness (QED) is 0.567. The largest absolute Gasteiger partial charge is 0.259 e. The van der Waals surface area contributed by atoms with Gasteiger partial charge in [-0.25, -0.2) is 0 Å².